The summed E-state index contributed by atoms with van der Waals surface area (Å²) < 4.78 is 0. The first kappa shape index (κ1) is 43.2. The van der Waals surface area contributed by atoms with Gasteiger partial charge in [0.15, 0.2) is 0 Å². The van der Waals surface area contributed by atoms with Crippen LogP contribution in [-0.2, 0) is 27.1 Å². The summed E-state index contributed by atoms with van der Waals surface area (Å²) in [7, 11) is 0. The molecule has 0 heterocycles. The zero-order valence-electron chi connectivity index (χ0n) is 41.5. The van der Waals surface area contributed by atoms with E-state index < -0.39 is 0 Å². The third-order valence-electron chi connectivity index (χ3n) is 20.2. The molecule has 0 bridgehead atoms. The van der Waals surface area contributed by atoms with Gasteiger partial charge in [-0.2, -0.15) is 0 Å². The maximum atomic E-state index is 2.63. The minimum absolute atomic E-state index is 0.287. The van der Waals surface area contributed by atoms with Crippen LogP contribution in [0.3, 0.4) is 0 Å². The predicted octanol–water partition coefficient (Wildman–Crippen LogP) is 16.7. The molecule has 0 saturated carbocycles. The first-order chi connectivity index (χ1) is 26.0. The number of allylic oxidation sites excluding steroid dienone is 20. The average molecular weight is 763 g/mol. The van der Waals surface area contributed by atoms with E-state index in [0.29, 0.717) is 0 Å². The fourth-order valence-corrected chi connectivity index (χ4v) is 13.5. The van der Waals surface area contributed by atoms with Crippen molar-refractivity contribution in [1.82, 2.24) is 0 Å². The van der Waals surface area contributed by atoms with E-state index in [-0.39, 0.29) is 27.1 Å². The van der Waals surface area contributed by atoms with E-state index in [9.17, 15) is 0 Å². The molecule has 0 atom stereocenters. The highest BCUT2D eigenvalue weighted by atomic mass is 14.6. The molecule has 0 unspecified atom stereocenters. The summed E-state index contributed by atoms with van der Waals surface area (Å²) in [5.74, 6) is 0. The van der Waals surface area contributed by atoms with Gasteiger partial charge in [-0.15, -0.1) is 0 Å². The van der Waals surface area contributed by atoms with Crippen LogP contribution in [0.2, 0.25) is 0 Å². The SMILES string of the molecule is CC1=C(C)C(C)(c2c(C)c(C3(C)C(C)=C(C)C(C)=C3C)c(C3(C)C(C)=C(C)C(C)=C3C)c(C3(C)C(C)=C(C)C(C)=C3C)c2C2(C)C(C)=C(C)C(C)=C2C)C(C)=C1C. The van der Waals surface area contributed by atoms with Gasteiger partial charge < -0.3 is 0 Å². The first-order valence-corrected chi connectivity index (χ1v) is 22.0. The van der Waals surface area contributed by atoms with Gasteiger partial charge in [-0.05, 0) is 269 Å². The van der Waals surface area contributed by atoms with Crippen molar-refractivity contribution >= 4 is 0 Å². The Balaban J connectivity index is 2.16. The molecule has 306 valence electrons. The first-order valence-electron chi connectivity index (χ1n) is 22.0. The predicted molar refractivity (Wildman–Crippen MR) is 252 cm³/mol. The lowest BCUT2D eigenvalue weighted by atomic mass is 9.51. The largest absolute Gasteiger partial charge is 0.0557 e. The van der Waals surface area contributed by atoms with Crippen LogP contribution in [-0.4, -0.2) is 0 Å². The smallest absolute Gasteiger partial charge is 0.0354 e. The summed E-state index contributed by atoms with van der Waals surface area (Å²) >= 11 is 0. The van der Waals surface area contributed by atoms with Gasteiger partial charge in [-0.1, -0.05) is 55.7 Å². The minimum Gasteiger partial charge on any atom is -0.0557 e. The summed E-state index contributed by atoms with van der Waals surface area (Å²) in [4.78, 5) is 0. The molecular formula is C57H78. The summed E-state index contributed by atoms with van der Waals surface area (Å²) in [6.45, 7) is 64.2. The zero-order chi connectivity index (χ0) is 43.5. The molecule has 5 aliphatic rings. The second-order valence-corrected chi connectivity index (χ2v) is 20.6. The average Bonchev–Trinajstić information content (AvgIpc) is 3.63. The molecule has 0 amide bonds. The van der Waals surface area contributed by atoms with Crippen LogP contribution < -0.4 is 0 Å². The summed E-state index contributed by atoms with van der Waals surface area (Å²) in [6, 6.07) is 0. The molecular weight excluding hydrogens is 685 g/mol. The molecule has 0 N–H and O–H groups in total. The van der Waals surface area contributed by atoms with Crippen LogP contribution in [0.4, 0.5) is 0 Å². The van der Waals surface area contributed by atoms with Gasteiger partial charge in [0.05, 0.1) is 0 Å². The van der Waals surface area contributed by atoms with Gasteiger partial charge in [0.2, 0.25) is 0 Å². The summed E-state index contributed by atoms with van der Waals surface area (Å²) in [5, 5.41) is 0. The van der Waals surface area contributed by atoms with E-state index in [4.69, 9.17) is 0 Å². The Bertz CT molecular complexity index is 2210. The van der Waals surface area contributed by atoms with Crippen molar-refractivity contribution in [2.24, 2.45) is 0 Å². The van der Waals surface area contributed by atoms with Crippen molar-refractivity contribution in [3.63, 3.8) is 0 Å². The van der Waals surface area contributed by atoms with E-state index in [1.807, 2.05) is 0 Å². The quantitative estimate of drug-likeness (QED) is 0.280. The van der Waals surface area contributed by atoms with E-state index in [1.54, 1.807) is 27.8 Å². The molecule has 0 aromatic heterocycles. The van der Waals surface area contributed by atoms with Gasteiger partial charge in [0, 0.05) is 27.1 Å². The molecule has 6 rings (SSSR count). The lowest BCUT2D eigenvalue weighted by Crippen LogP contribution is -2.44. The van der Waals surface area contributed by atoms with Crippen molar-refractivity contribution in [3.05, 3.63) is 145 Å². The second-order valence-electron chi connectivity index (χ2n) is 20.6. The Hall–Kier alpha value is -3.38. The number of rotatable bonds is 5. The molecule has 0 aliphatic heterocycles. The molecule has 57 heavy (non-hydrogen) atoms. The molecule has 0 nitrogen and oxygen atoms in total. The normalized spacial score (nSPS) is 24.3. The van der Waals surface area contributed by atoms with Gasteiger partial charge >= 0.3 is 0 Å². The Morgan fingerprint density at radius 3 is 0.421 bits per heavy atom. The molecule has 1 aromatic carbocycles. The van der Waals surface area contributed by atoms with E-state index in [0.717, 1.165) is 0 Å². The highest BCUT2D eigenvalue weighted by molar-refractivity contribution is 5.80. The van der Waals surface area contributed by atoms with E-state index >= 15 is 0 Å². The van der Waals surface area contributed by atoms with E-state index in [1.165, 1.54) is 117 Å². The molecule has 0 heteroatoms. The van der Waals surface area contributed by atoms with Crippen LogP contribution in [0.1, 0.15) is 206 Å². The fraction of sp³-hybridized carbons (Fsp3) is 0.544. The lowest BCUT2D eigenvalue weighted by molar-refractivity contribution is 0.526. The third-order valence-corrected chi connectivity index (χ3v) is 20.2. The minimum atomic E-state index is -0.333. The van der Waals surface area contributed by atoms with Gasteiger partial charge in [-0.3, -0.25) is 0 Å². The molecule has 1 aromatic rings. The lowest BCUT2D eigenvalue weighted by Gasteiger charge is -2.51. The van der Waals surface area contributed by atoms with Crippen LogP contribution in [0.25, 0.3) is 0 Å². The summed E-state index contributed by atoms with van der Waals surface area (Å²) in [6.07, 6.45) is 0. The van der Waals surface area contributed by atoms with Gasteiger partial charge in [0.25, 0.3) is 0 Å². The number of hydrogen-bond donors (Lipinski definition) is 0. The van der Waals surface area contributed by atoms with E-state index in [2.05, 4.69) is 180 Å². The maximum absolute atomic E-state index is 2.63. The highest BCUT2D eigenvalue weighted by Crippen LogP contribution is 2.67. The van der Waals surface area contributed by atoms with Crippen LogP contribution in [0.15, 0.2) is 111 Å². The van der Waals surface area contributed by atoms with Crippen LogP contribution in [0, 0.1) is 6.92 Å². The highest BCUT2D eigenvalue weighted by Gasteiger charge is 2.57. The Morgan fingerprint density at radius 1 is 0.175 bits per heavy atom. The number of hydrogen-bond acceptors (Lipinski definition) is 0. The molecule has 0 fully saturated rings. The van der Waals surface area contributed by atoms with Crippen molar-refractivity contribution in [1.29, 1.82) is 0 Å². The molecule has 5 aliphatic carbocycles. The van der Waals surface area contributed by atoms with Crippen molar-refractivity contribution in [2.45, 2.75) is 207 Å². The Kier molecular flexibility index (Phi) is 9.71. The Morgan fingerprint density at radius 2 is 0.281 bits per heavy atom. The van der Waals surface area contributed by atoms with Crippen molar-refractivity contribution in [3.8, 4) is 0 Å². The second kappa shape index (κ2) is 12.8. The van der Waals surface area contributed by atoms with Crippen molar-refractivity contribution < 1.29 is 0 Å². The Labute approximate surface area is 350 Å². The standard InChI is InChI=1S/C57H78/c1-27-28(2)39(13)53(22,38(27)12)48-37(11)49(54(23)40(14)29(3)30(4)41(54)15)51(56(25)44(18)33(7)34(8)45(56)19)52(57(26)46(20)35(9)36(10)47(57)21)50(48)55(24)42(16)31(5)32(6)43(55)17/h1-26H3. The van der Waals surface area contributed by atoms with Crippen molar-refractivity contribution in [2.75, 3.05) is 0 Å². The van der Waals surface area contributed by atoms with Crippen LogP contribution in [0.5, 0.6) is 0 Å². The molecule has 0 saturated heterocycles. The third kappa shape index (κ3) is 4.63. The maximum Gasteiger partial charge on any atom is 0.0354 e. The van der Waals surface area contributed by atoms with Gasteiger partial charge in [-0.25, -0.2) is 0 Å². The number of benzene rings is 1. The molecule has 0 spiro atoms. The fourth-order valence-electron chi connectivity index (χ4n) is 13.5. The van der Waals surface area contributed by atoms with Crippen LogP contribution >= 0.6 is 0 Å². The summed E-state index contributed by atoms with van der Waals surface area (Å²) in [5.41, 5.74) is 37.4. The zero-order valence-corrected chi connectivity index (χ0v) is 41.5. The van der Waals surface area contributed by atoms with Gasteiger partial charge in [0.1, 0.15) is 0 Å². The molecule has 0 radical (unpaired) electrons. The monoisotopic (exact) mass is 763 g/mol. The topological polar surface area (TPSA) is 0 Å².